The number of hydrogen-bond acceptors (Lipinski definition) is 4. The van der Waals surface area contributed by atoms with Crippen molar-refractivity contribution in [1.29, 1.82) is 0 Å². The van der Waals surface area contributed by atoms with Gasteiger partial charge in [0.2, 0.25) is 0 Å². The molecule has 2 aromatic rings. The molecule has 9 heteroatoms. The number of nitrogens with one attached hydrogen (secondary N) is 2. The first-order valence-electron chi connectivity index (χ1n) is 7.36. The van der Waals surface area contributed by atoms with Crippen molar-refractivity contribution in [3.63, 3.8) is 0 Å². The van der Waals surface area contributed by atoms with Gasteiger partial charge in [-0.25, -0.2) is 4.79 Å². The van der Waals surface area contributed by atoms with E-state index in [1.807, 2.05) is 0 Å². The monoisotopic (exact) mass is 360 g/mol. The Balaban J connectivity index is 1.73. The minimum Gasteiger partial charge on any atom is -0.336 e. The van der Waals surface area contributed by atoms with Crippen molar-refractivity contribution in [1.82, 2.24) is 5.32 Å². The standard InChI is InChI=1S/C16H13ClN4O4/c17-14-9-12(21(24)25)5-6-13(14)15(22)19-10-1-3-11(4-2-10)20-8-7-18-16(20)23/h1-6,9H,7-8H2,(H,18,23)(H,19,22). The maximum absolute atomic E-state index is 12.3. The quantitative estimate of drug-likeness (QED) is 0.645. The van der Waals surface area contributed by atoms with Crippen LogP contribution in [0.5, 0.6) is 0 Å². The highest BCUT2D eigenvalue weighted by Crippen LogP contribution is 2.24. The average Bonchev–Trinajstić information content (AvgIpc) is 3.01. The van der Waals surface area contributed by atoms with Gasteiger partial charge in [0.25, 0.3) is 11.6 Å². The smallest absolute Gasteiger partial charge is 0.321 e. The summed E-state index contributed by atoms with van der Waals surface area (Å²) in [5, 5.41) is 16.1. The van der Waals surface area contributed by atoms with Crippen molar-refractivity contribution in [3.05, 3.63) is 63.2 Å². The molecule has 0 spiro atoms. The summed E-state index contributed by atoms with van der Waals surface area (Å²) in [5.74, 6) is -0.480. The molecule has 0 aromatic heterocycles. The Morgan fingerprint density at radius 3 is 2.52 bits per heavy atom. The van der Waals surface area contributed by atoms with Gasteiger partial charge < -0.3 is 10.6 Å². The second-order valence-electron chi connectivity index (χ2n) is 5.31. The zero-order valence-electron chi connectivity index (χ0n) is 12.9. The molecule has 1 heterocycles. The molecule has 1 aliphatic rings. The van der Waals surface area contributed by atoms with E-state index in [1.165, 1.54) is 12.1 Å². The van der Waals surface area contributed by atoms with Crippen molar-refractivity contribution < 1.29 is 14.5 Å². The number of benzene rings is 2. The van der Waals surface area contributed by atoms with Crippen LogP contribution in [0.1, 0.15) is 10.4 Å². The van der Waals surface area contributed by atoms with E-state index in [1.54, 1.807) is 29.2 Å². The predicted molar refractivity (Wildman–Crippen MR) is 93.2 cm³/mol. The molecule has 1 saturated heterocycles. The second-order valence-corrected chi connectivity index (χ2v) is 5.71. The minimum atomic E-state index is -0.583. The first-order valence-corrected chi connectivity index (χ1v) is 7.74. The van der Waals surface area contributed by atoms with Gasteiger partial charge in [-0.2, -0.15) is 0 Å². The lowest BCUT2D eigenvalue weighted by atomic mass is 10.2. The van der Waals surface area contributed by atoms with Crippen LogP contribution in [-0.4, -0.2) is 30.0 Å². The van der Waals surface area contributed by atoms with Crippen LogP contribution >= 0.6 is 11.6 Å². The molecule has 1 aliphatic heterocycles. The maximum atomic E-state index is 12.3. The third kappa shape index (κ3) is 3.53. The van der Waals surface area contributed by atoms with Crippen LogP contribution in [0.2, 0.25) is 5.02 Å². The number of non-ortho nitro benzene ring substituents is 1. The topological polar surface area (TPSA) is 105 Å². The molecule has 0 bridgehead atoms. The number of urea groups is 1. The van der Waals surface area contributed by atoms with Crippen LogP contribution < -0.4 is 15.5 Å². The number of halogens is 1. The zero-order valence-corrected chi connectivity index (χ0v) is 13.6. The molecular weight excluding hydrogens is 348 g/mol. The Bertz CT molecular complexity index is 854. The summed E-state index contributed by atoms with van der Waals surface area (Å²) in [6.45, 7) is 1.18. The Morgan fingerprint density at radius 1 is 1.24 bits per heavy atom. The van der Waals surface area contributed by atoms with Gasteiger partial charge in [0.15, 0.2) is 0 Å². The highest BCUT2D eigenvalue weighted by Gasteiger charge is 2.21. The molecule has 3 rings (SSSR count). The zero-order chi connectivity index (χ0) is 18.0. The molecule has 0 unspecified atom stereocenters. The van der Waals surface area contributed by atoms with Crippen molar-refractivity contribution in [2.75, 3.05) is 23.3 Å². The number of nitrogens with zero attached hydrogens (tertiary/aromatic N) is 2. The van der Waals surface area contributed by atoms with E-state index in [0.29, 0.717) is 18.8 Å². The Labute approximate surface area is 147 Å². The number of hydrogen-bond donors (Lipinski definition) is 2. The third-order valence-electron chi connectivity index (χ3n) is 3.70. The highest BCUT2D eigenvalue weighted by atomic mass is 35.5. The molecular formula is C16H13ClN4O4. The largest absolute Gasteiger partial charge is 0.336 e. The Morgan fingerprint density at radius 2 is 1.96 bits per heavy atom. The van der Waals surface area contributed by atoms with Crippen molar-refractivity contribution in [3.8, 4) is 0 Å². The Hall–Kier alpha value is -3.13. The first-order chi connectivity index (χ1) is 12.0. The minimum absolute atomic E-state index is 0.00272. The van der Waals surface area contributed by atoms with Gasteiger partial charge in [-0.05, 0) is 30.3 Å². The van der Waals surface area contributed by atoms with E-state index >= 15 is 0 Å². The third-order valence-corrected chi connectivity index (χ3v) is 4.01. The molecule has 2 N–H and O–H groups in total. The summed E-state index contributed by atoms with van der Waals surface area (Å²) in [4.78, 5) is 35.6. The SMILES string of the molecule is O=C(Nc1ccc(N2CCNC2=O)cc1)c1ccc([N+](=O)[O-])cc1Cl. The lowest BCUT2D eigenvalue weighted by molar-refractivity contribution is -0.384. The molecule has 0 aliphatic carbocycles. The molecule has 2 aromatic carbocycles. The van der Waals surface area contributed by atoms with Gasteiger partial charge in [0, 0.05) is 36.6 Å². The highest BCUT2D eigenvalue weighted by molar-refractivity contribution is 6.34. The molecule has 0 saturated carbocycles. The summed E-state index contributed by atoms with van der Waals surface area (Å²) in [5.41, 5.74) is 1.19. The van der Waals surface area contributed by atoms with Crippen LogP contribution in [-0.2, 0) is 0 Å². The fourth-order valence-corrected chi connectivity index (χ4v) is 2.70. The summed E-state index contributed by atoms with van der Waals surface area (Å²) < 4.78 is 0. The van der Waals surface area contributed by atoms with Crippen LogP contribution in [0, 0.1) is 10.1 Å². The van der Waals surface area contributed by atoms with Crippen molar-refractivity contribution >= 4 is 40.6 Å². The molecule has 3 amide bonds. The summed E-state index contributed by atoms with van der Waals surface area (Å²) in [6.07, 6.45) is 0. The summed E-state index contributed by atoms with van der Waals surface area (Å²) >= 11 is 5.95. The van der Waals surface area contributed by atoms with E-state index in [9.17, 15) is 19.7 Å². The number of nitro groups is 1. The molecule has 1 fully saturated rings. The molecule has 0 atom stereocenters. The van der Waals surface area contributed by atoms with E-state index in [-0.39, 0.29) is 22.3 Å². The van der Waals surface area contributed by atoms with Crippen molar-refractivity contribution in [2.45, 2.75) is 0 Å². The fourth-order valence-electron chi connectivity index (χ4n) is 2.44. The average molecular weight is 361 g/mol. The lowest BCUT2D eigenvalue weighted by Crippen LogP contribution is -2.27. The number of anilines is 2. The number of amides is 3. The second kappa shape index (κ2) is 6.78. The van der Waals surface area contributed by atoms with Crippen LogP contribution in [0.4, 0.5) is 21.9 Å². The molecule has 128 valence electrons. The van der Waals surface area contributed by atoms with Gasteiger partial charge in [-0.15, -0.1) is 0 Å². The van der Waals surface area contributed by atoms with Gasteiger partial charge in [0.05, 0.1) is 15.5 Å². The van der Waals surface area contributed by atoms with E-state index in [0.717, 1.165) is 11.8 Å². The Kier molecular flexibility index (Phi) is 4.53. The summed E-state index contributed by atoms with van der Waals surface area (Å²) in [7, 11) is 0. The fraction of sp³-hybridized carbons (Fsp3) is 0.125. The van der Waals surface area contributed by atoms with E-state index in [4.69, 9.17) is 11.6 Å². The number of carbonyl (C=O) groups is 2. The first kappa shape index (κ1) is 16.7. The number of carbonyl (C=O) groups excluding carboxylic acids is 2. The lowest BCUT2D eigenvalue weighted by Gasteiger charge is -2.14. The van der Waals surface area contributed by atoms with Crippen LogP contribution in [0.3, 0.4) is 0 Å². The van der Waals surface area contributed by atoms with Crippen LogP contribution in [0.25, 0.3) is 0 Å². The van der Waals surface area contributed by atoms with Crippen LogP contribution in [0.15, 0.2) is 42.5 Å². The van der Waals surface area contributed by atoms with Gasteiger partial charge in [-0.1, -0.05) is 11.6 Å². The molecule has 0 radical (unpaired) electrons. The van der Waals surface area contributed by atoms with Crippen molar-refractivity contribution in [2.24, 2.45) is 0 Å². The van der Waals surface area contributed by atoms with E-state index in [2.05, 4.69) is 10.6 Å². The molecule has 25 heavy (non-hydrogen) atoms. The normalized spacial score (nSPS) is 13.5. The van der Waals surface area contributed by atoms with Gasteiger partial charge in [-0.3, -0.25) is 19.8 Å². The predicted octanol–water partition coefficient (Wildman–Crippen LogP) is 3.03. The van der Waals surface area contributed by atoms with Gasteiger partial charge >= 0.3 is 6.03 Å². The number of nitro benzene ring substituents is 1. The van der Waals surface area contributed by atoms with E-state index < -0.39 is 10.8 Å². The number of rotatable bonds is 4. The maximum Gasteiger partial charge on any atom is 0.321 e. The summed E-state index contributed by atoms with van der Waals surface area (Å²) in [6, 6.07) is 10.3. The van der Waals surface area contributed by atoms with Gasteiger partial charge in [0.1, 0.15) is 0 Å². The molecule has 8 nitrogen and oxygen atoms in total.